The molecule has 7 nitrogen and oxygen atoms in total. The highest BCUT2D eigenvalue weighted by Crippen LogP contribution is 2.38. The van der Waals surface area contributed by atoms with Crippen LogP contribution < -0.4 is 20.6 Å². The molecule has 4 rings (SSSR count). The number of alkyl halides is 3. The molecule has 3 aromatic rings. The summed E-state index contributed by atoms with van der Waals surface area (Å²) in [6.07, 6.45) is -5.84. The average molecular weight is 481 g/mol. The Hall–Kier alpha value is -3.53. The highest BCUT2D eigenvalue weighted by molar-refractivity contribution is 6.32. The molecule has 1 aliphatic rings. The minimum absolute atomic E-state index is 0.0490. The van der Waals surface area contributed by atoms with Crippen molar-refractivity contribution in [1.82, 2.24) is 0 Å². The van der Waals surface area contributed by atoms with Crippen LogP contribution in [0, 0.1) is 6.92 Å². The molecule has 1 aromatic heterocycles. The van der Waals surface area contributed by atoms with Crippen molar-refractivity contribution in [2.75, 3.05) is 16.8 Å². The molecule has 0 spiro atoms. The number of hydrogen-bond acceptors (Lipinski definition) is 5. The summed E-state index contributed by atoms with van der Waals surface area (Å²) < 4.78 is 51.9. The van der Waals surface area contributed by atoms with E-state index < -0.39 is 42.7 Å². The topological polar surface area (TPSA) is 88.8 Å². The Morgan fingerprint density at radius 3 is 2.70 bits per heavy atom. The largest absolute Gasteiger partial charge is 0.482 e. The van der Waals surface area contributed by atoms with E-state index in [0.29, 0.717) is 15.8 Å². The van der Waals surface area contributed by atoms with Gasteiger partial charge in [0.25, 0.3) is 5.91 Å². The van der Waals surface area contributed by atoms with Gasteiger partial charge in [-0.25, -0.2) is 4.79 Å². The number of hydrogen-bond donors (Lipinski definition) is 1. The maximum Gasteiger partial charge on any atom is 0.409 e. The van der Waals surface area contributed by atoms with Crippen LogP contribution in [-0.2, 0) is 9.59 Å². The van der Waals surface area contributed by atoms with E-state index in [1.165, 1.54) is 42.5 Å². The first-order valence-corrected chi connectivity index (χ1v) is 10.1. The Kier molecular flexibility index (Phi) is 5.79. The van der Waals surface area contributed by atoms with Crippen molar-refractivity contribution in [1.29, 1.82) is 0 Å². The number of benzene rings is 2. The van der Waals surface area contributed by atoms with Crippen LogP contribution in [0.5, 0.6) is 5.75 Å². The van der Waals surface area contributed by atoms with Crippen LogP contribution in [0.25, 0.3) is 11.0 Å². The second-order valence-corrected chi connectivity index (χ2v) is 7.81. The van der Waals surface area contributed by atoms with Crippen LogP contribution in [0.15, 0.2) is 51.7 Å². The molecular weight excluding hydrogens is 465 g/mol. The molecule has 0 aliphatic carbocycles. The number of carbonyl (C=O) groups is 2. The van der Waals surface area contributed by atoms with E-state index in [1.54, 1.807) is 6.92 Å². The van der Waals surface area contributed by atoms with Crippen molar-refractivity contribution in [2.24, 2.45) is 0 Å². The van der Waals surface area contributed by atoms with Gasteiger partial charge in [-0.15, -0.1) is 0 Å². The number of ether oxygens (including phenoxy) is 1. The summed E-state index contributed by atoms with van der Waals surface area (Å²) in [5, 5.41) is 3.01. The van der Waals surface area contributed by atoms with Gasteiger partial charge < -0.3 is 14.5 Å². The number of anilines is 2. The highest BCUT2D eigenvalue weighted by Gasteiger charge is 2.49. The van der Waals surface area contributed by atoms with E-state index in [0.717, 1.165) is 0 Å². The van der Waals surface area contributed by atoms with Gasteiger partial charge in [0.2, 0.25) is 5.91 Å². The van der Waals surface area contributed by atoms with Gasteiger partial charge in [-0.2, -0.15) is 13.2 Å². The number of nitrogens with one attached hydrogen (secondary N) is 1. The zero-order valence-corrected chi connectivity index (χ0v) is 17.8. The smallest absolute Gasteiger partial charge is 0.409 e. The van der Waals surface area contributed by atoms with E-state index in [4.69, 9.17) is 20.8 Å². The van der Waals surface area contributed by atoms with Gasteiger partial charge in [0.1, 0.15) is 17.4 Å². The lowest BCUT2D eigenvalue weighted by Gasteiger charge is -2.31. The number of fused-ring (bicyclic) bond motifs is 2. The van der Waals surface area contributed by atoms with Gasteiger partial charge >= 0.3 is 11.8 Å². The maximum absolute atomic E-state index is 13.8. The standard InChI is InChI=1S/C22H16ClF3N2O5/c1-11-6-21(31)33-16-8-17(13(23)7-12(11)16)32-10-20(30)28-15-5-3-2-4-14(15)27-19(29)9-18(28)22(24,25)26/h2-8,18H,9-10H2,1H3,(H,27,29). The maximum atomic E-state index is 13.8. The van der Waals surface area contributed by atoms with Gasteiger partial charge in [-0.3, -0.25) is 14.5 Å². The fourth-order valence-electron chi connectivity index (χ4n) is 3.64. The SMILES string of the molecule is Cc1cc(=O)oc2cc(OCC(=O)N3c4ccccc4NC(=O)CC3C(F)(F)F)c(Cl)cc12. The Morgan fingerprint density at radius 2 is 1.97 bits per heavy atom. The predicted molar refractivity (Wildman–Crippen MR) is 115 cm³/mol. The molecular formula is C22H16ClF3N2O5. The van der Waals surface area contributed by atoms with Crippen molar-refractivity contribution in [3.8, 4) is 5.75 Å². The monoisotopic (exact) mass is 480 g/mol. The number of nitrogens with zero attached hydrogens (tertiary/aromatic N) is 1. The lowest BCUT2D eigenvalue weighted by Crippen LogP contribution is -2.51. The molecule has 2 heterocycles. The first-order chi connectivity index (χ1) is 15.5. The van der Waals surface area contributed by atoms with Crippen LogP contribution in [0.1, 0.15) is 12.0 Å². The van der Waals surface area contributed by atoms with Crippen molar-refractivity contribution < 1.29 is 31.9 Å². The fourth-order valence-corrected chi connectivity index (χ4v) is 3.85. The number of aryl methyl sites for hydroxylation is 1. The Bertz CT molecular complexity index is 1320. The number of halogens is 4. The van der Waals surface area contributed by atoms with Crippen LogP contribution in [0.4, 0.5) is 24.5 Å². The molecule has 1 atom stereocenters. The van der Waals surface area contributed by atoms with Gasteiger partial charge in [-0.05, 0) is 30.7 Å². The quantitative estimate of drug-likeness (QED) is 0.560. The van der Waals surface area contributed by atoms with Gasteiger partial charge in [-0.1, -0.05) is 23.7 Å². The van der Waals surface area contributed by atoms with Crippen LogP contribution >= 0.6 is 11.6 Å². The summed E-state index contributed by atoms with van der Waals surface area (Å²) in [6.45, 7) is 0.874. The molecule has 1 N–H and O–H groups in total. The minimum atomic E-state index is -4.87. The van der Waals surface area contributed by atoms with Gasteiger partial charge in [0, 0.05) is 17.5 Å². The lowest BCUT2D eigenvalue weighted by atomic mass is 10.1. The zero-order valence-electron chi connectivity index (χ0n) is 17.0. The molecule has 0 saturated heterocycles. The summed E-state index contributed by atoms with van der Waals surface area (Å²) in [6, 6.07) is 7.35. The fraction of sp³-hybridized carbons (Fsp3) is 0.227. The third kappa shape index (κ3) is 4.51. The molecule has 0 fully saturated rings. The molecule has 0 radical (unpaired) electrons. The Balaban J connectivity index is 1.67. The van der Waals surface area contributed by atoms with E-state index in [2.05, 4.69) is 5.32 Å². The summed E-state index contributed by atoms with van der Waals surface area (Å²) in [4.78, 5) is 37.2. The second-order valence-electron chi connectivity index (χ2n) is 7.41. The molecule has 2 amide bonds. The third-order valence-electron chi connectivity index (χ3n) is 5.13. The molecule has 1 unspecified atom stereocenters. The molecule has 1 aliphatic heterocycles. The van der Waals surface area contributed by atoms with E-state index in [9.17, 15) is 27.6 Å². The van der Waals surface area contributed by atoms with Crippen LogP contribution in [-0.4, -0.2) is 30.6 Å². The summed E-state index contributed by atoms with van der Waals surface area (Å²) in [7, 11) is 0. The highest BCUT2D eigenvalue weighted by atomic mass is 35.5. The van der Waals surface area contributed by atoms with E-state index in [-0.39, 0.29) is 27.7 Å². The minimum Gasteiger partial charge on any atom is -0.482 e. The molecule has 172 valence electrons. The summed E-state index contributed by atoms with van der Waals surface area (Å²) >= 11 is 6.21. The number of amides is 2. The Labute approximate surface area is 189 Å². The average Bonchev–Trinajstić information content (AvgIpc) is 2.88. The van der Waals surface area contributed by atoms with Crippen molar-refractivity contribution in [3.05, 3.63) is 63.5 Å². The number of rotatable bonds is 3. The first kappa shape index (κ1) is 22.7. The third-order valence-corrected chi connectivity index (χ3v) is 5.42. The normalized spacial score (nSPS) is 16.2. The first-order valence-electron chi connectivity index (χ1n) is 9.69. The van der Waals surface area contributed by atoms with Crippen LogP contribution in [0.3, 0.4) is 0 Å². The second kappa shape index (κ2) is 8.43. The van der Waals surface area contributed by atoms with Crippen molar-refractivity contribution >= 4 is 45.8 Å². The predicted octanol–water partition coefficient (Wildman–Crippen LogP) is 4.44. The summed E-state index contributed by atoms with van der Waals surface area (Å²) in [5.41, 5.74) is 0.122. The van der Waals surface area contributed by atoms with Crippen molar-refractivity contribution in [3.63, 3.8) is 0 Å². The Morgan fingerprint density at radius 1 is 1.24 bits per heavy atom. The van der Waals surface area contributed by atoms with E-state index in [1.807, 2.05) is 0 Å². The van der Waals surface area contributed by atoms with E-state index >= 15 is 0 Å². The molecule has 0 bridgehead atoms. The lowest BCUT2D eigenvalue weighted by molar-refractivity contribution is -0.158. The zero-order chi connectivity index (χ0) is 23.9. The molecule has 33 heavy (non-hydrogen) atoms. The van der Waals surface area contributed by atoms with Crippen LogP contribution in [0.2, 0.25) is 5.02 Å². The van der Waals surface area contributed by atoms with Crippen molar-refractivity contribution in [2.45, 2.75) is 25.6 Å². The molecule has 0 saturated carbocycles. The molecule has 11 heteroatoms. The summed E-state index contributed by atoms with van der Waals surface area (Å²) in [5.74, 6) is -1.96. The van der Waals surface area contributed by atoms with Gasteiger partial charge in [0.15, 0.2) is 6.61 Å². The number of para-hydroxylation sites is 2. The molecule has 2 aromatic carbocycles. The van der Waals surface area contributed by atoms with Gasteiger partial charge in [0.05, 0.1) is 22.8 Å². The number of carbonyl (C=O) groups excluding carboxylic acids is 2.